The Balaban J connectivity index is 2.14. The molecule has 0 N–H and O–H groups in total. The minimum Gasteiger partial charge on any atom is -0.322 e. The van der Waals surface area contributed by atoms with Crippen molar-refractivity contribution in [3.63, 3.8) is 0 Å². The number of rotatable bonds is 4. The average Bonchev–Trinajstić information content (AvgIpc) is 3.05. The zero-order chi connectivity index (χ0) is 15.0. The summed E-state index contributed by atoms with van der Waals surface area (Å²) in [6.07, 6.45) is 0.983. The van der Waals surface area contributed by atoms with Gasteiger partial charge in [0.05, 0.1) is 28.5 Å². The Kier molecular flexibility index (Phi) is 4.20. The van der Waals surface area contributed by atoms with Gasteiger partial charge in [-0.1, -0.05) is 18.5 Å². The molecule has 0 aliphatic carbocycles. The first-order valence-electron chi connectivity index (χ1n) is 6.59. The van der Waals surface area contributed by atoms with Crippen molar-refractivity contribution in [3.05, 3.63) is 50.7 Å². The maximum absolute atomic E-state index is 13.6. The maximum atomic E-state index is 13.6. The molecule has 21 heavy (non-hydrogen) atoms. The number of fused-ring (bicyclic) bond motifs is 1. The number of aryl methyl sites for hydroxylation is 1. The normalized spacial score (nSPS) is 11.4. The fourth-order valence-electron chi connectivity index (χ4n) is 2.41. The lowest BCUT2D eigenvalue weighted by atomic mass is 10.2. The van der Waals surface area contributed by atoms with Gasteiger partial charge in [0.2, 0.25) is 0 Å². The lowest BCUT2D eigenvalue weighted by Crippen LogP contribution is -2.04. The summed E-state index contributed by atoms with van der Waals surface area (Å²) >= 11 is 13.6. The van der Waals surface area contributed by atoms with E-state index >= 15 is 0 Å². The summed E-state index contributed by atoms with van der Waals surface area (Å²) in [5, 5.41) is 2.19. The quantitative estimate of drug-likeness (QED) is 0.593. The Morgan fingerprint density at radius 3 is 2.90 bits per heavy atom. The summed E-state index contributed by atoms with van der Waals surface area (Å²) in [6, 6.07) is 5.11. The number of hydrogen-bond donors (Lipinski definition) is 0. The molecule has 3 rings (SSSR count). The van der Waals surface area contributed by atoms with Crippen LogP contribution in [0.15, 0.2) is 23.6 Å². The van der Waals surface area contributed by atoms with Crippen molar-refractivity contribution in [2.45, 2.75) is 25.8 Å². The first kappa shape index (κ1) is 14.8. The monoisotopic (exact) mass is 342 g/mol. The van der Waals surface area contributed by atoms with Gasteiger partial charge in [-0.25, -0.2) is 9.37 Å². The van der Waals surface area contributed by atoms with Crippen LogP contribution in [0.25, 0.3) is 11.0 Å². The van der Waals surface area contributed by atoms with Gasteiger partial charge in [-0.05, 0) is 29.5 Å². The number of benzene rings is 1. The molecule has 0 amide bonds. The van der Waals surface area contributed by atoms with Gasteiger partial charge < -0.3 is 4.57 Å². The predicted molar refractivity (Wildman–Crippen MR) is 87.1 cm³/mol. The van der Waals surface area contributed by atoms with Crippen molar-refractivity contribution in [1.29, 1.82) is 0 Å². The number of nitrogens with zero attached hydrogens (tertiary/aromatic N) is 2. The van der Waals surface area contributed by atoms with Crippen LogP contribution in [-0.2, 0) is 18.8 Å². The number of alkyl halides is 1. The van der Waals surface area contributed by atoms with Gasteiger partial charge in [-0.3, -0.25) is 0 Å². The highest BCUT2D eigenvalue weighted by atomic mass is 35.5. The largest absolute Gasteiger partial charge is 0.322 e. The molecule has 2 aromatic heterocycles. The van der Waals surface area contributed by atoms with Crippen molar-refractivity contribution in [2.75, 3.05) is 0 Å². The van der Waals surface area contributed by atoms with E-state index in [0.717, 1.165) is 17.8 Å². The second-order valence-corrected chi connectivity index (χ2v) is 6.40. The molecule has 2 heterocycles. The minimum atomic E-state index is -0.458. The van der Waals surface area contributed by atoms with Crippen LogP contribution in [0.3, 0.4) is 0 Å². The summed E-state index contributed by atoms with van der Waals surface area (Å²) in [5.41, 5.74) is 2.71. The fourth-order valence-corrected chi connectivity index (χ4v) is 3.74. The number of halogens is 3. The molecular weight excluding hydrogens is 330 g/mol. The third kappa shape index (κ3) is 2.68. The van der Waals surface area contributed by atoms with Crippen LogP contribution in [0.2, 0.25) is 5.02 Å². The standard InChI is InChI=1S/C15H13Cl2FN2S/c1-2-9-3-4-21-14(9)8-20-13-5-10(17)11(18)6-12(13)19-15(20)7-16/h3-6H,2,7-8H2,1H3. The lowest BCUT2D eigenvalue weighted by molar-refractivity contribution is 0.629. The molecule has 1 aromatic carbocycles. The lowest BCUT2D eigenvalue weighted by Gasteiger charge is -2.08. The summed E-state index contributed by atoms with van der Waals surface area (Å²) in [7, 11) is 0. The second-order valence-electron chi connectivity index (χ2n) is 4.73. The molecule has 0 saturated heterocycles. The van der Waals surface area contributed by atoms with Crippen molar-refractivity contribution in [1.82, 2.24) is 9.55 Å². The van der Waals surface area contributed by atoms with Crippen LogP contribution >= 0.6 is 34.5 Å². The number of hydrogen-bond acceptors (Lipinski definition) is 2. The summed E-state index contributed by atoms with van der Waals surface area (Å²) in [5.74, 6) is 0.546. The van der Waals surface area contributed by atoms with Gasteiger partial charge >= 0.3 is 0 Å². The number of thiophene rings is 1. The summed E-state index contributed by atoms with van der Waals surface area (Å²) in [4.78, 5) is 5.67. The van der Waals surface area contributed by atoms with E-state index in [1.54, 1.807) is 17.4 Å². The summed E-state index contributed by atoms with van der Waals surface area (Å²) in [6.45, 7) is 2.81. The van der Waals surface area contributed by atoms with Crippen LogP contribution in [-0.4, -0.2) is 9.55 Å². The first-order chi connectivity index (χ1) is 10.1. The molecule has 0 aliphatic heterocycles. The van der Waals surface area contributed by atoms with Crippen LogP contribution in [0.1, 0.15) is 23.2 Å². The van der Waals surface area contributed by atoms with Crippen molar-refractivity contribution in [2.24, 2.45) is 0 Å². The Morgan fingerprint density at radius 1 is 1.38 bits per heavy atom. The molecule has 2 nitrogen and oxygen atoms in total. The maximum Gasteiger partial charge on any atom is 0.144 e. The van der Waals surface area contributed by atoms with Gasteiger partial charge in [0.25, 0.3) is 0 Å². The van der Waals surface area contributed by atoms with Crippen molar-refractivity contribution < 1.29 is 4.39 Å². The van der Waals surface area contributed by atoms with Crippen LogP contribution in [0.5, 0.6) is 0 Å². The van der Waals surface area contributed by atoms with Crippen LogP contribution in [0.4, 0.5) is 4.39 Å². The van der Waals surface area contributed by atoms with E-state index in [4.69, 9.17) is 23.2 Å². The fraction of sp³-hybridized carbons (Fsp3) is 0.267. The van der Waals surface area contributed by atoms with Gasteiger partial charge in [0.1, 0.15) is 11.6 Å². The Bertz CT molecular complexity index is 794. The molecular formula is C15H13Cl2FN2S. The van der Waals surface area contributed by atoms with E-state index in [-0.39, 0.29) is 10.9 Å². The van der Waals surface area contributed by atoms with E-state index in [2.05, 4.69) is 23.4 Å². The third-order valence-corrected chi connectivity index (χ3v) is 4.99. The predicted octanol–water partition coefficient (Wildman–Crippen LogP) is 5.24. The smallest absolute Gasteiger partial charge is 0.144 e. The highest BCUT2D eigenvalue weighted by Gasteiger charge is 2.15. The van der Waals surface area contributed by atoms with Crippen molar-refractivity contribution >= 4 is 45.6 Å². The van der Waals surface area contributed by atoms with E-state index < -0.39 is 5.82 Å². The first-order valence-corrected chi connectivity index (χ1v) is 8.38. The molecule has 0 saturated carbocycles. The zero-order valence-electron chi connectivity index (χ0n) is 11.4. The van der Waals surface area contributed by atoms with Gasteiger partial charge in [-0.2, -0.15) is 0 Å². The van der Waals surface area contributed by atoms with E-state index in [1.807, 2.05) is 4.57 Å². The number of aromatic nitrogens is 2. The van der Waals surface area contributed by atoms with E-state index in [0.29, 0.717) is 12.1 Å². The molecule has 0 aliphatic rings. The Morgan fingerprint density at radius 2 is 2.19 bits per heavy atom. The molecule has 6 heteroatoms. The number of imidazole rings is 1. The SMILES string of the molecule is CCc1ccsc1Cn1c(CCl)nc2cc(F)c(Cl)cc21. The van der Waals surface area contributed by atoms with E-state index in [1.165, 1.54) is 16.5 Å². The van der Waals surface area contributed by atoms with Gasteiger partial charge in [0.15, 0.2) is 0 Å². The minimum absolute atomic E-state index is 0.103. The molecule has 0 spiro atoms. The summed E-state index contributed by atoms with van der Waals surface area (Å²) < 4.78 is 15.6. The van der Waals surface area contributed by atoms with E-state index in [9.17, 15) is 4.39 Å². The van der Waals surface area contributed by atoms with Gasteiger partial charge in [0, 0.05) is 10.9 Å². The van der Waals surface area contributed by atoms with Crippen LogP contribution < -0.4 is 0 Å². The van der Waals surface area contributed by atoms with Crippen molar-refractivity contribution in [3.8, 4) is 0 Å². The molecule has 0 radical (unpaired) electrons. The highest BCUT2D eigenvalue weighted by molar-refractivity contribution is 7.10. The molecule has 0 fully saturated rings. The molecule has 0 atom stereocenters. The topological polar surface area (TPSA) is 17.8 Å². The van der Waals surface area contributed by atoms with Crippen LogP contribution in [0, 0.1) is 5.82 Å². The molecule has 110 valence electrons. The molecule has 0 bridgehead atoms. The molecule has 0 unspecified atom stereocenters. The second kappa shape index (κ2) is 5.95. The van der Waals surface area contributed by atoms with Gasteiger partial charge in [-0.15, -0.1) is 22.9 Å². The third-order valence-electron chi connectivity index (χ3n) is 3.51. The zero-order valence-corrected chi connectivity index (χ0v) is 13.7. The Labute approximate surface area is 136 Å². The average molecular weight is 343 g/mol. The highest BCUT2D eigenvalue weighted by Crippen LogP contribution is 2.27. The Hall–Kier alpha value is -1.10. The molecule has 3 aromatic rings.